The number of nitrogens with one attached hydrogen (secondary N) is 1. The molecule has 1 aliphatic heterocycles. The topological polar surface area (TPSA) is 119 Å². The summed E-state index contributed by atoms with van der Waals surface area (Å²) < 4.78 is 30.9. The SMILES string of the molecule is CC(C)(C[C@H](N)C(=O)N[C@H](/C=C/S(=O)(=O)c1ccccc1)CCc1ccccc1)C(=O)N1CCOCC1. The van der Waals surface area contributed by atoms with E-state index in [1.165, 1.54) is 18.2 Å². The molecule has 0 aliphatic carbocycles. The Morgan fingerprint density at radius 2 is 1.65 bits per heavy atom. The van der Waals surface area contributed by atoms with Crippen LogP contribution in [0, 0.1) is 5.41 Å². The number of nitrogens with zero attached hydrogens (tertiary/aromatic N) is 1. The highest BCUT2D eigenvalue weighted by atomic mass is 32.2. The fourth-order valence-corrected chi connectivity index (χ4v) is 5.37. The Bertz CT molecular complexity index is 1160. The van der Waals surface area contributed by atoms with Crippen molar-refractivity contribution in [1.29, 1.82) is 0 Å². The maximum absolute atomic E-state index is 13.1. The highest BCUT2D eigenvalue weighted by molar-refractivity contribution is 7.94. The van der Waals surface area contributed by atoms with E-state index in [1.807, 2.05) is 30.3 Å². The highest BCUT2D eigenvalue weighted by Crippen LogP contribution is 2.26. The van der Waals surface area contributed by atoms with Gasteiger partial charge in [-0.05, 0) is 37.0 Å². The molecule has 1 fully saturated rings. The van der Waals surface area contributed by atoms with Crippen molar-refractivity contribution in [3.8, 4) is 0 Å². The molecule has 0 spiro atoms. The van der Waals surface area contributed by atoms with E-state index in [2.05, 4.69) is 5.32 Å². The molecule has 0 radical (unpaired) electrons. The number of amides is 2. The lowest BCUT2D eigenvalue weighted by Crippen LogP contribution is -2.51. The number of sulfone groups is 1. The van der Waals surface area contributed by atoms with Gasteiger partial charge in [-0.1, -0.05) is 68.5 Å². The molecule has 0 unspecified atom stereocenters. The highest BCUT2D eigenvalue weighted by Gasteiger charge is 2.36. The maximum Gasteiger partial charge on any atom is 0.237 e. The van der Waals surface area contributed by atoms with Crippen molar-refractivity contribution in [2.45, 2.75) is 50.1 Å². The largest absolute Gasteiger partial charge is 0.378 e. The van der Waals surface area contributed by atoms with Crippen molar-refractivity contribution in [2.24, 2.45) is 11.1 Å². The van der Waals surface area contributed by atoms with Gasteiger partial charge in [0.2, 0.25) is 11.8 Å². The summed E-state index contributed by atoms with van der Waals surface area (Å²) in [6, 6.07) is 16.4. The van der Waals surface area contributed by atoms with E-state index < -0.39 is 33.2 Å². The van der Waals surface area contributed by atoms with Crippen molar-refractivity contribution in [3.63, 3.8) is 0 Å². The Kier molecular flexibility index (Phi) is 10.0. The summed E-state index contributed by atoms with van der Waals surface area (Å²) in [5.41, 5.74) is 6.49. The molecule has 2 amide bonds. The number of morpholine rings is 1. The van der Waals surface area contributed by atoms with Crippen LogP contribution < -0.4 is 11.1 Å². The van der Waals surface area contributed by atoms with E-state index in [0.29, 0.717) is 39.1 Å². The first kappa shape index (κ1) is 28.6. The first-order chi connectivity index (χ1) is 17.6. The summed E-state index contributed by atoms with van der Waals surface area (Å²) in [7, 11) is -3.67. The Morgan fingerprint density at radius 1 is 1.05 bits per heavy atom. The van der Waals surface area contributed by atoms with Gasteiger partial charge in [0.25, 0.3) is 0 Å². The molecule has 200 valence electrons. The first-order valence-corrected chi connectivity index (χ1v) is 14.1. The summed E-state index contributed by atoms with van der Waals surface area (Å²) in [4.78, 5) is 28.0. The van der Waals surface area contributed by atoms with Crippen LogP contribution in [-0.2, 0) is 30.6 Å². The van der Waals surface area contributed by atoms with E-state index in [9.17, 15) is 18.0 Å². The van der Waals surface area contributed by atoms with Crippen molar-refractivity contribution in [3.05, 3.63) is 77.7 Å². The maximum atomic E-state index is 13.1. The number of aryl methyl sites for hydroxylation is 1. The second-order valence-corrected chi connectivity index (χ2v) is 11.8. The van der Waals surface area contributed by atoms with E-state index in [-0.39, 0.29) is 17.2 Å². The zero-order valence-electron chi connectivity index (χ0n) is 21.5. The van der Waals surface area contributed by atoms with Gasteiger partial charge >= 0.3 is 0 Å². The monoisotopic (exact) mass is 527 g/mol. The molecule has 0 aromatic heterocycles. The van der Waals surface area contributed by atoms with Gasteiger partial charge in [0, 0.05) is 30.0 Å². The van der Waals surface area contributed by atoms with Crippen LogP contribution in [0.3, 0.4) is 0 Å². The fourth-order valence-electron chi connectivity index (χ4n) is 4.28. The third-order valence-electron chi connectivity index (χ3n) is 6.42. The van der Waals surface area contributed by atoms with Crippen molar-refractivity contribution < 1.29 is 22.7 Å². The van der Waals surface area contributed by atoms with E-state index in [0.717, 1.165) is 11.0 Å². The van der Waals surface area contributed by atoms with Crippen LogP contribution in [0.15, 0.2) is 77.0 Å². The van der Waals surface area contributed by atoms with Crippen molar-refractivity contribution in [2.75, 3.05) is 26.3 Å². The standard InChI is InChI=1S/C28H37N3O5S/c1-28(2,27(33)31-16-18-36-19-17-31)21-25(29)26(32)30-23(14-13-22-9-5-3-6-10-22)15-20-37(34,35)24-11-7-4-8-12-24/h3-12,15,20,23,25H,13-14,16-19,21,29H2,1-2H3,(H,30,32)/b20-15+/t23-,25-/m0/s1. The van der Waals surface area contributed by atoms with E-state index in [4.69, 9.17) is 10.5 Å². The van der Waals surface area contributed by atoms with Crippen LogP contribution in [0.2, 0.25) is 0 Å². The fraction of sp³-hybridized carbons (Fsp3) is 0.429. The number of ether oxygens (including phenoxy) is 1. The molecule has 3 rings (SSSR count). The summed E-state index contributed by atoms with van der Waals surface area (Å²) in [5.74, 6) is -0.490. The number of rotatable bonds is 11. The van der Waals surface area contributed by atoms with Gasteiger partial charge < -0.3 is 20.7 Å². The molecule has 2 aromatic carbocycles. The minimum absolute atomic E-state index is 0.0615. The molecule has 0 bridgehead atoms. The van der Waals surface area contributed by atoms with Gasteiger partial charge in [-0.15, -0.1) is 0 Å². The molecule has 3 N–H and O–H groups in total. The average Bonchev–Trinajstić information content (AvgIpc) is 2.91. The number of hydrogen-bond acceptors (Lipinski definition) is 6. The summed E-state index contributed by atoms with van der Waals surface area (Å²) in [6.07, 6.45) is 2.78. The normalized spacial score (nSPS) is 16.4. The van der Waals surface area contributed by atoms with Gasteiger partial charge in [0.05, 0.1) is 24.2 Å². The van der Waals surface area contributed by atoms with Gasteiger partial charge in [-0.3, -0.25) is 9.59 Å². The van der Waals surface area contributed by atoms with E-state index >= 15 is 0 Å². The molecule has 9 heteroatoms. The number of hydrogen-bond donors (Lipinski definition) is 2. The van der Waals surface area contributed by atoms with E-state index in [1.54, 1.807) is 36.9 Å². The van der Waals surface area contributed by atoms with Crippen molar-refractivity contribution >= 4 is 21.7 Å². The minimum atomic E-state index is -3.67. The summed E-state index contributed by atoms with van der Waals surface area (Å²) in [5, 5.41) is 4.03. The molecule has 8 nitrogen and oxygen atoms in total. The van der Waals surface area contributed by atoms with Crippen LogP contribution in [0.5, 0.6) is 0 Å². The Balaban J connectivity index is 1.69. The van der Waals surface area contributed by atoms with Crippen LogP contribution in [-0.4, -0.2) is 63.5 Å². The number of carbonyl (C=O) groups excluding carboxylic acids is 2. The molecule has 2 atom stereocenters. The zero-order valence-corrected chi connectivity index (χ0v) is 22.3. The molecule has 1 heterocycles. The van der Waals surface area contributed by atoms with Gasteiger partial charge in [0.1, 0.15) is 0 Å². The molecule has 0 saturated carbocycles. The predicted octanol–water partition coefficient (Wildman–Crippen LogP) is 2.69. The summed E-state index contributed by atoms with van der Waals surface area (Å²) >= 11 is 0. The molecule has 1 aliphatic rings. The van der Waals surface area contributed by atoms with Crippen LogP contribution in [0.4, 0.5) is 0 Å². The lowest BCUT2D eigenvalue weighted by molar-refractivity contribution is -0.145. The zero-order chi connectivity index (χ0) is 26.9. The van der Waals surface area contributed by atoms with Crippen LogP contribution >= 0.6 is 0 Å². The molecule has 2 aromatic rings. The molecule has 1 saturated heterocycles. The van der Waals surface area contributed by atoms with Crippen LogP contribution in [0.25, 0.3) is 0 Å². The Hall–Kier alpha value is -3.01. The third-order valence-corrected chi connectivity index (χ3v) is 7.87. The van der Waals surface area contributed by atoms with Gasteiger partial charge in [0.15, 0.2) is 9.84 Å². The lowest BCUT2D eigenvalue weighted by Gasteiger charge is -2.35. The second kappa shape index (κ2) is 13.0. The minimum Gasteiger partial charge on any atom is -0.378 e. The smallest absolute Gasteiger partial charge is 0.237 e. The van der Waals surface area contributed by atoms with Crippen molar-refractivity contribution in [1.82, 2.24) is 10.2 Å². The molecule has 37 heavy (non-hydrogen) atoms. The second-order valence-electron chi connectivity index (χ2n) is 9.93. The Labute approximate surface area is 219 Å². The predicted molar refractivity (Wildman–Crippen MR) is 143 cm³/mol. The average molecular weight is 528 g/mol. The van der Waals surface area contributed by atoms with Gasteiger partial charge in [-0.25, -0.2) is 8.42 Å². The molecular formula is C28H37N3O5S. The number of carbonyl (C=O) groups is 2. The quantitative estimate of drug-likeness (QED) is 0.464. The first-order valence-electron chi connectivity index (χ1n) is 12.5. The number of benzene rings is 2. The number of nitrogens with two attached hydrogens (primary N) is 1. The lowest BCUT2D eigenvalue weighted by atomic mass is 9.84. The summed E-state index contributed by atoms with van der Waals surface area (Å²) in [6.45, 7) is 5.61. The Morgan fingerprint density at radius 3 is 2.27 bits per heavy atom. The third kappa shape index (κ3) is 8.52. The molecular weight excluding hydrogens is 490 g/mol. The van der Waals surface area contributed by atoms with Crippen LogP contribution in [0.1, 0.15) is 32.3 Å². The van der Waals surface area contributed by atoms with Gasteiger partial charge in [-0.2, -0.15) is 0 Å².